The highest BCUT2D eigenvalue weighted by Crippen LogP contribution is 2.17. The van der Waals surface area contributed by atoms with Gasteiger partial charge >= 0.3 is 5.97 Å². The van der Waals surface area contributed by atoms with Crippen molar-refractivity contribution in [2.75, 3.05) is 6.61 Å². The van der Waals surface area contributed by atoms with E-state index in [1.807, 2.05) is 0 Å². The second-order valence-corrected chi connectivity index (χ2v) is 3.08. The first-order valence-corrected chi connectivity index (χ1v) is 4.73. The minimum Gasteiger partial charge on any atom is -0.465 e. The third-order valence-corrected chi connectivity index (χ3v) is 1.97. The van der Waals surface area contributed by atoms with Crippen molar-refractivity contribution in [3.63, 3.8) is 0 Å². The van der Waals surface area contributed by atoms with Crippen LogP contribution in [0.4, 0.5) is 0 Å². The van der Waals surface area contributed by atoms with Crippen LogP contribution in [-0.2, 0) is 14.3 Å². The van der Waals surface area contributed by atoms with Crippen molar-refractivity contribution >= 4 is 11.8 Å². The molecule has 15 heavy (non-hydrogen) atoms. The van der Waals surface area contributed by atoms with Gasteiger partial charge in [0.05, 0.1) is 6.61 Å². The molecule has 0 bridgehead atoms. The Kier molecular flexibility index (Phi) is 3.97. The van der Waals surface area contributed by atoms with E-state index in [9.17, 15) is 9.59 Å². The van der Waals surface area contributed by atoms with Crippen molar-refractivity contribution in [2.45, 2.75) is 19.8 Å². The number of Topliss-reactive ketones (excluding diaryl/α,β-unsaturated/α-hetero) is 1. The number of aromatic nitrogens is 1. The summed E-state index contributed by atoms with van der Waals surface area (Å²) in [7, 11) is 0. The maximum absolute atomic E-state index is 11.5. The summed E-state index contributed by atoms with van der Waals surface area (Å²) >= 11 is 0. The van der Waals surface area contributed by atoms with Crippen LogP contribution in [0.15, 0.2) is 24.5 Å². The number of nitrogens with zero attached hydrogens (tertiary/aromatic N) is 1. The fraction of sp³-hybridized carbons (Fsp3) is 0.364. The fourth-order valence-electron chi connectivity index (χ4n) is 1.32. The van der Waals surface area contributed by atoms with Crippen molar-refractivity contribution in [2.24, 2.45) is 0 Å². The molecule has 0 saturated carbocycles. The van der Waals surface area contributed by atoms with E-state index < -0.39 is 11.9 Å². The Bertz CT molecular complexity index is 348. The number of carbonyl (C=O) groups is 2. The molecule has 4 nitrogen and oxygen atoms in total. The predicted molar refractivity (Wildman–Crippen MR) is 54.3 cm³/mol. The molecular weight excluding hydrogens is 194 g/mol. The van der Waals surface area contributed by atoms with E-state index in [-0.39, 0.29) is 12.4 Å². The van der Waals surface area contributed by atoms with Crippen LogP contribution in [0, 0.1) is 0 Å². The number of rotatable bonds is 4. The van der Waals surface area contributed by atoms with Crippen molar-refractivity contribution in [3.8, 4) is 0 Å². The van der Waals surface area contributed by atoms with Gasteiger partial charge < -0.3 is 4.74 Å². The van der Waals surface area contributed by atoms with Crippen molar-refractivity contribution in [1.82, 2.24) is 4.98 Å². The molecular formula is C11H13NO3. The molecule has 0 aromatic carbocycles. The van der Waals surface area contributed by atoms with Gasteiger partial charge in [-0.3, -0.25) is 14.6 Å². The summed E-state index contributed by atoms with van der Waals surface area (Å²) in [4.78, 5) is 26.7. The summed E-state index contributed by atoms with van der Waals surface area (Å²) in [5, 5.41) is 0. The lowest BCUT2D eigenvalue weighted by Crippen LogP contribution is -2.22. The van der Waals surface area contributed by atoms with E-state index >= 15 is 0 Å². The maximum Gasteiger partial charge on any atom is 0.320 e. The molecule has 1 unspecified atom stereocenters. The van der Waals surface area contributed by atoms with Gasteiger partial charge in [0.25, 0.3) is 0 Å². The summed E-state index contributed by atoms with van der Waals surface area (Å²) in [6.45, 7) is 3.36. The minimum absolute atomic E-state index is 0.223. The van der Waals surface area contributed by atoms with E-state index in [0.717, 1.165) is 0 Å². The zero-order chi connectivity index (χ0) is 11.3. The Morgan fingerprint density at radius 2 is 2.00 bits per heavy atom. The molecule has 0 spiro atoms. The second kappa shape index (κ2) is 5.24. The first-order chi connectivity index (χ1) is 7.16. The Morgan fingerprint density at radius 1 is 1.40 bits per heavy atom. The lowest BCUT2D eigenvalue weighted by molar-refractivity contribution is -0.147. The molecule has 1 heterocycles. The van der Waals surface area contributed by atoms with Crippen molar-refractivity contribution < 1.29 is 14.3 Å². The highest BCUT2D eigenvalue weighted by Gasteiger charge is 2.26. The standard InChI is InChI=1S/C11H13NO3/c1-3-15-11(14)10(8(2)13)9-4-6-12-7-5-9/h4-7,10H,3H2,1-2H3. The van der Waals surface area contributed by atoms with Gasteiger partial charge in [-0.05, 0) is 31.5 Å². The highest BCUT2D eigenvalue weighted by atomic mass is 16.5. The molecule has 80 valence electrons. The molecule has 1 atom stereocenters. The normalized spacial score (nSPS) is 11.9. The molecule has 0 fully saturated rings. The fourth-order valence-corrected chi connectivity index (χ4v) is 1.32. The second-order valence-electron chi connectivity index (χ2n) is 3.08. The van der Waals surface area contributed by atoms with Gasteiger partial charge in [-0.1, -0.05) is 0 Å². The zero-order valence-electron chi connectivity index (χ0n) is 8.77. The van der Waals surface area contributed by atoms with Gasteiger partial charge in [-0.2, -0.15) is 0 Å². The predicted octanol–water partition coefficient (Wildman–Crippen LogP) is 1.32. The molecule has 0 amide bonds. The summed E-state index contributed by atoms with van der Waals surface area (Å²) < 4.78 is 4.84. The monoisotopic (exact) mass is 207 g/mol. The molecule has 0 saturated heterocycles. The van der Waals surface area contributed by atoms with Crippen LogP contribution >= 0.6 is 0 Å². The maximum atomic E-state index is 11.5. The van der Waals surface area contributed by atoms with Gasteiger partial charge in [0.15, 0.2) is 0 Å². The highest BCUT2D eigenvalue weighted by molar-refractivity contribution is 6.03. The first-order valence-electron chi connectivity index (χ1n) is 4.73. The van der Waals surface area contributed by atoms with Crippen LogP contribution in [-0.4, -0.2) is 23.3 Å². The molecule has 0 aliphatic rings. The summed E-state index contributed by atoms with van der Waals surface area (Å²) in [5.41, 5.74) is 0.621. The molecule has 0 aliphatic heterocycles. The summed E-state index contributed by atoms with van der Waals surface area (Å²) in [6, 6.07) is 3.28. The van der Waals surface area contributed by atoms with E-state index in [1.165, 1.54) is 6.92 Å². The Hall–Kier alpha value is -1.71. The third kappa shape index (κ3) is 2.87. The van der Waals surface area contributed by atoms with E-state index in [2.05, 4.69) is 4.98 Å². The topological polar surface area (TPSA) is 56.3 Å². The number of hydrogen-bond acceptors (Lipinski definition) is 4. The summed E-state index contributed by atoms with van der Waals surface area (Å²) in [6.07, 6.45) is 3.09. The van der Waals surface area contributed by atoms with Gasteiger partial charge in [0.1, 0.15) is 11.7 Å². The number of ether oxygens (including phenoxy) is 1. The molecule has 1 rings (SSSR count). The van der Waals surface area contributed by atoms with Gasteiger partial charge in [0.2, 0.25) is 0 Å². The zero-order valence-corrected chi connectivity index (χ0v) is 8.77. The Labute approximate surface area is 88.3 Å². The molecule has 1 aromatic rings. The van der Waals surface area contributed by atoms with E-state index in [1.54, 1.807) is 31.5 Å². The minimum atomic E-state index is -0.826. The summed E-state index contributed by atoms with van der Waals surface area (Å²) in [5.74, 6) is -1.55. The smallest absolute Gasteiger partial charge is 0.320 e. The largest absolute Gasteiger partial charge is 0.465 e. The third-order valence-electron chi connectivity index (χ3n) is 1.97. The molecule has 0 N–H and O–H groups in total. The van der Waals surface area contributed by atoms with Gasteiger partial charge in [-0.15, -0.1) is 0 Å². The van der Waals surface area contributed by atoms with Crippen molar-refractivity contribution in [1.29, 1.82) is 0 Å². The lowest BCUT2D eigenvalue weighted by Gasteiger charge is -2.12. The number of carbonyl (C=O) groups excluding carboxylic acids is 2. The molecule has 0 radical (unpaired) electrons. The number of pyridine rings is 1. The SMILES string of the molecule is CCOC(=O)C(C(C)=O)c1ccncc1. The Morgan fingerprint density at radius 3 is 2.47 bits per heavy atom. The van der Waals surface area contributed by atoms with Crippen LogP contribution in [0.2, 0.25) is 0 Å². The van der Waals surface area contributed by atoms with Crippen LogP contribution in [0.5, 0.6) is 0 Å². The number of esters is 1. The first kappa shape index (κ1) is 11.4. The van der Waals surface area contributed by atoms with Gasteiger partial charge in [-0.25, -0.2) is 0 Å². The van der Waals surface area contributed by atoms with Gasteiger partial charge in [0, 0.05) is 12.4 Å². The van der Waals surface area contributed by atoms with Crippen LogP contribution in [0.3, 0.4) is 0 Å². The molecule has 1 aromatic heterocycles. The molecule has 4 heteroatoms. The van der Waals surface area contributed by atoms with Crippen molar-refractivity contribution in [3.05, 3.63) is 30.1 Å². The van der Waals surface area contributed by atoms with Crippen LogP contribution in [0.25, 0.3) is 0 Å². The van der Waals surface area contributed by atoms with Crippen LogP contribution < -0.4 is 0 Å². The lowest BCUT2D eigenvalue weighted by atomic mass is 9.97. The average molecular weight is 207 g/mol. The van der Waals surface area contributed by atoms with E-state index in [4.69, 9.17) is 4.74 Å². The number of hydrogen-bond donors (Lipinski definition) is 0. The molecule has 0 aliphatic carbocycles. The van der Waals surface area contributed by atoms with Crippen LogP contribution in [0.1, 0.15) is 25.3 Å². The number of ketones is 1. The average Bonchev–Trinajstić information content (AvgIpc) is 2.19. The Balaban J connectivity index is 2.94. The van der Waals surface area contributed by atoms with E-state index in [0.29, 0.717) is 5.56 Å². The quantitative estimate of drug-likeness (QED) is 0.552.